The fourth-order valence-electron chi connectivity index (χ4n) is 6.75. The summed E-state index contributed by atoms with van der Waals surface area (Å²) in [6.07, 6.45) is 3.89. The molecule has 0 spiro atoms. The van der Waals surface area contributed by atoms with Crippen LogP contribution in [-0.4, -0.2) is 0 Å². The van der Waals surface area contributed by atoms with Crippen molar-refractivity contribution in [3.8, 4) is 11.1 Å². The number of nitrogens with zero attached hydrogens (tertiary/aromatic N) is 1. The van der Waals surface area contributed by atoms with Gasteiger partial charge in [-0.2, -0.15) is 0 Å². The highest BCUT2D eigenvalue weighted by Gasteiger charge is 2.49. The molecule has 0 unspecified atom stereocenters. The summed E-state index contributed by atoms with van der Waals surface area (Å²) in [5.41, 5.74) is 8.17. The SMILES string of the molecule is CCC1(CC)OC(CC)(CC)c2cc(-c3cc4ccccc4cc3N(c3ccccc3)c3ccccc3)ccc21. The summed E-state index contributed by atoms with van der Waals surface area (Å²) in [7, 11) is 0. The second-order valence-corrected chi connectivity index (χ2v) is 11.0. The number of anilines is 3. The van der Waals surface area contributed by atoms with Crippen LogP contribution in [0.15, 0.2) is 115 Å². The summed E-state index contributed by atoms with van der Waals surface area (Å²) in [4.78, 5) is 2.39. The Labute approximate surface area is 239 Å². The van der Waals surface area contributed by atoms with Crippen LogP contribution >= 0.6 is 0 Å². The predicted octanol–water partition coefficient (Wildman–Crippen LogP) is 11.0. The van der Waals surface area contributed by atoms with Crippen LogP contribution < -0.4 is 4.90 Å². The maximum absolute atomic E-state index is 7.07. The number of benzene rings is 5. The zero-order chi connectivity index (χ0) is 27.7. The molecule has 202 valence electrons. The molecule has 0 amide bonds. The summed E-state index contributed by atoms with van der Waals surface area (Å²) in [5, 5.41) is 2.47. The molecule has 0 atom stereocenters. The summed E-state index contributed by atoms with van der Waals surface area (Å²) < 4.78 is 7.07. The minimum atomic E-state index is -0.257. The third-order valence-corrected chi connectivity index (χ3v) is 9.12. The zero-order valence-electron chi connectivity index (χ0n) is 24.2. The van der Waals surface area contributed by atoms with Crippen molar-refractivity contribution in [2.24, 2.45) is 0 Å². The highest BCUT2D eigenvalue weighted by atomic mass is 16.5. The quantitative estimate of drug-likeness (QED) is 0.200. The highest BCUT2D eigenvalue weighted by Crippen LogP contribution is 2.55. The van der Waals surface area contributed by atoms with Crippen molar-refractivity contribution in [2.45, 2.75) is 64.6 Å². The van der Waals surface area contributed by atoms with Gasteiger partial charge in [0.05, 0.1) is 16.9 Å². The van der Waals surface area contributed by atoms with Crippen LogP contribution in [0.4, 0.5) is 17.1 Å². The molecule has 0 aliphatic carbocycles. The van der Waals surface area contributed by atoms with Crippen molar-refractivity contribution in [1.29, 1.82) is 0 Å². The van der Waals surface area contributed by atoms with E-state index in [0.29, 0.717) is 0 Å². The summed E-state index contributed by atoms with van der Waals surface area (Å²) in [5.74, 6) is 0. The van der Waals surface area contributed by atoms with Crippen LogP contribution in [-0.2, 0) is 15.9 Å². The third-order valence-electron chi connectivity index (χ3n) is 9.12. The molecule has 1 aliphatic heterocycles. The second kappa shape index (κ2) is 10.6. The number of ether oxygens (including phenoxy) is 1. The van der Waals surface area contributed by atoms with Gasteiger partial charge >= 0.3 is 0 Å². The Bertz CT molecular complexity index is 1570. The fraction of sp³-hybridized carbons (Fsp3) is 0.263. The van der Waals surface area contributed by atoms with Crippen LogP contribution in [0, 0.1) is 0 Å². The van der Waals surface area contributed by atoms with Crippen molar-refractivity contribution in [3.63, 3.8) is 0 Å². The Morgan fingerprint density at radius 1 is 0.525 bits per heavy atom. The molecule has 2 nitrogen and oxygen atoms in total. The molecule has 0 saturated heterocycles. The Balaban J connectivity index is 1.63. The van der Waals surface area contributed by atoms with Gasteiger partial charge in [-0.1, -0.05) is 100 Å². The van der Waals surface area contributed by atoms with Gasteiger partial charge < -0.3 is 9.64 Å². The van der Waals surface area contributed by atoms with Crippen LogP contribution in [0.2, 0.25) is 0 Å². The molecule has 40 heavy (non-hydrogen) atoms. The molecule has 0 radical (unpaired) electrons. The van der Waals surface area contributed by atoms with E-state index in [0.717, 1.165) is 37.1 Å². The Kier molecular flexibility index (Phi) is 6.98. The van der Waals surface area contributed by atoms with Crippen LogP contribution in [0.1, 0.15) is 64.5 Å². The minimum Gasteiger partial charge on any atom is -0.359 e. The van der Waals surface area contributed by atoms with Crippen molar-refractivity contribution in [3.05, 3.63) is 126 Å². The normalized spacial score (nSPS) is 15.2. The smallest absolute Gasteiger partial charge is 0.0942 e. The van der Waals surface area contributed by atoms with Gasteiger partial charge in [0.2, 0.25) is 0 Å². The molecule has 2 heteroatoms. The van der Waals surface area contributed by atoms with E-state index < -0.39 is 0 Å². The van der Waals surface area contributed by atoms with E-state index in [1.165, 1.54) is 38.7 Å². The average Bonchev–Trinajstić information content (AvgIpc) is 3.32. The van der Waals surface area contributed by atoms with Gasteiger partial charge in [-0.15, -0.1) is 0 Å². The largest absolute Gasteiger partial charge is 0.359 e. The van der Waals surface area contributed by atoms with Gasteiger partial charge in [0.1, 0.15) is 0 Å². The van der Waals surface area contributed by atoms with E-state index in [1.54, 1.807) is 0 Å². The Hall–Kier alpha value is -3.88. The maximum atomic E-state index is 7.07. The van der Waals surface area contributed by atoms with Gasteiger partial charge in [-0.25, -0.2) is 0 Å². The van der Waals surface area contributed by atoms with Crippen LogP contribution in [0.5, 0.6) is 0 Å². The number of fused-ring (bicyclic) bond motifs is 2. The van der Waals surface area contributed by atoms with Crippen LogP contribution in [0.3, 0.4) is 0 Å². The lowest BCUT2D eigenvalue weighted by molar-refractivity contribution is -0.151. The van der Waals surface area contributed by atoms with Gasteiger partial charge in [0.25, 0.3) is 0 Å². The van der Waals surface area contributed by atoms with Crippen molar-refractivity contribution >= 4 is 27.8 Å². The van der Waals surface area contributed by atoms with Gasteiger partial charge in [-0.05, 0) is 95.6 Å². The lowest BCUT2D eigenvalue weighted by Crippen LogP contribution is -2.31. The van der Waals surface area contributed by atoms with Gasteiger partial charge in [0, 0.05) is 16.9 Å². The molecule has 1 heterocycles. The molecular formula is C38H39NO. The van der Waals surface area contributed by atoms with Gasteiger partial charge in [-0.3, -0.25) is 0 Å². The van der Waals surface area contributed by atoms with Crippen molar-refractivity contribution in [2.75, 3.05) is 4.90 Å². The molecule has 0 aromatic heterocycles. The lowest BCUT2D eigenvalue weighted by atomic mass is 9.81. The lowest BCUT2D eigenvalue weighted by Gasteiger charge is -2.34. The van der Waals surface area contributed by atoms with E-state index in [9.17, 15) is 0 Å². The first-order chi connectivity index (χ1) is 19.6. The van der Waals surface area contributed by atoms with E-state index in [1.807, 2.05) is 0 Å². The van der Waals surface area contributed by atoms with Crippen LogP contribution in [0.25, 0.3) is 21.9 Å². The molecule has 0 N–H and O–H groups in total. The molecular weight excluding hydrogens is 486 g/mol. The third kappa shape index (κ3) is 4.22. The number of hydrogen-bond donors (Lipinski definition) is 0. The van der Waals surface area contributed by atoms with E-state index in [4.69, 9.17) is 4.74 Å². The van der Waals surface area contributed by atoms with Crippen molar-refractivity contribution < 1.29 is 4.74 Å². The number of rotatable bonds is 8. The van der Waals surface area contributed by atoms with E-state index in [2.05, 4.69) is 148 Å². The monoisotopic (exact) mass is 525 g/mol. The van der Waals surface area contributed by atoms with Gasteiger partial charge in [0.15, 0.2) is 0 Å². The molecule has 0 bridgehead atoms. The molecule has 5 aromatic carbocycles. The number of hydrogen-bond acceptors (Lipinski definition) is 2. The highest BCUT2D eigenvalue weighted by molar-refractivity contribution is 5.98. The maximum Gasteiger partial charge on any atom is 0.0942 e. The minimum absolute atomic E-state index is 0.216. The zero-order valence-corrected chi connectivity index (χ0v) is 24.2. The predicted molar refractivity (Wildman–Crippen MR) is 170 cm³/mol. The first kappa shape index (κ1) is 26.3. The molecule has 0 saturated carbocycles. The molecule has 5 aromatic rings. The standard InChI is InChI=1S/C38H39NO/c1-5-37(6-2)34-24-23-30(26-35(34)38(7-3,8-4)40-37)33-25-28-17-15-16-18-29(28)27-36(33)39(31-19-11-9-12-20-31)32-21-13-10-14-22-32/h9-27H,5-8H2,1-4H3. The fourth-order valence-corrected chi connectivity index (χ4v) is 6.75. The average molecular weight is 526 g/mol. The topological polar surface area (TPSA) is 12.5 Å². The number of para-hydroxylation sites is 2. The molecule has 6 rings (SSSR count). The summed E-state index contributed by atoms with van der Waals surface area (Å²) in [6, 6.07) is 41.9. The first-order valence-corrected chi connectivity index (χ1v) is 14.9. The summed E-state index contributed by atoms with van der Waals surface area (Å²) >= 11 is 0. The van der Waals surface area contributed by atoms with E-state index >= 15 is 0 Å². The second-order valence-electron chi connectivity index (χ2n) is 11.0. The molecule has 1 aliphatic rings. The molecule has 0 fully saturated rings. The Morgan fingerprint density at radius 2 is 1.02 bits per heavy atom. The Morgan fingerprint density at radius 3 is 1.57 bits per heavy atom. The van der Waals surface area contributed by atoms with E-state index in [-0.39, 0.29) is 11.2 Å². The first-order valence-electron chi connectivity index (χ1n) is 14.9. The van der Waals surface area contributed by atoms with Crippen molar-refractivity contribution in [1.82, 2.24) is 0 Å². The summed E-state index contributed by atoms with van der Waals surface area (Å²) in [6.45, 7) is 9.08.